The summed E-state index contributed by atoms with van der Waals surface area (Å²) in [5.74, 6) is 1.36. The molecular weight excluding hydrogens is 244 g/mol. The molecule has 0 aliphatic carbocycles. The highest BCUT2D eigenvalue weighted by atomic mass is 35.5. The lowest BCUT2D eigenvalue weighted by atomic mass is 10.1. The molecule has 6 heteroatoms. The number of rotatable bonds is 1. The molecular formula is C11H9ClN2O3. The van der Waals surface area contributed by atoms with Crippen molar-refractivity contribution in [2.75, 3.05) is 18.9 Å². The van der Waals surface area contributed by atoms with E-state index in [1.54, 1.807) is 12.1 Å². The largest absolute Gasteiger partial charge is 0.485 e. The van der Waals surface area contributed by atoms with Gasteiger partial charge in [-0.15, -0.1) is 0 Å². The molecule has 0 radical (unpaired) electrons. The zero-order chi connectivity index (χ0) is 11.8. The first kappa shape index (κ1) is 10.3. The van der Waals surface area contributed by atoms with Gasteiger partial charge in [0.15, 0.2) is 11.5 Å². The van der Waals surface area contributed by atoms with Gasteiger partial charge in [0.25, 0.3) is 0 Å². The van der Waals surface area contributed by atoms with Gasteiger partial charge in [0.2, 0.25) is 5.88 Å². The minimum Gasteiger partial charge on any atom is -0.485 e. The van der Waals surface area contributed by atoms with E-state index in [0.717, 1.165) is 5.56 Å². The van der Waals surface area contributed by atoms with Crippen LogP contribution in [0, 0.1) is 0 Å². The number of anilines is 1. The van der Waals surface area contributed by atoms with Crippen LogP contribution in [-0.2, 0) is 0 Å². The van der Waals surface area contributed by atoms with Crippen LogP contribution in [0.5, 0.6) is 11.5 Å². The summed E-state index contributed by atoms with van der Waals surface area (Å²) in [6.07, 6.45) is 1.54. The summed E-state index contributed by atoms with van der Waals surface area (Å²) in [6, 6.07) is 3.54. The number of hydrogen-bond acceptors (Lipinski definition) is 5. The van der Waals surface area contributed by atoms with Gasteiger partial charge in [-0.1, -0.05) is 16.8 Å². The maximum absolute atomic E-state index is 6.04. The monoisotopic (exact) mass is 252 g/mol. The van der Waals surface area contributed by atoms with Gasteiger partial charge in [0.05, 0.1) is 16.8 Å². The van der Waals surface area contributed by atoms with E-state index in [2.05, 4.69) is 5.16 Å². The summed E-state index contributed by atoms with van der Waals surface area (Å²) < 4.78 is 15.9. The molecule has 1 aliphatic heterocycles. The van der Waals surface area contributed by atoms with Crippen LogP contribution in [0.25, 0.3) is 11.1 Å². The summed E-state index contributed by atoms with van der Waals surface area (Å²) in [5, 5.41) is 4.15. The highest BCUT2D eigenvalue weighted by molar-refractivity contribution is 6.32. The van der Waals surface area contributed by atoms with Crippen LogP contribution in [0.3, 0.4) is 0 Å². The van der Waals surface area contributed by atoms with Gasteiger partial charge in [-0.05, 0) is 12.1 Å². The van der Waals surface area contributed by atoms with Crippen molar-refractivity contribution in [3.05, 3.63) is 23.4 Å². The molecule has 0 saturated carbocycles. The lowest BCUT2D eigenvalue weighted by Crippen LogP contribution is -2.16. The van der Waals surface area contributed by atoms with Crippen molar-refractivity contribution in [2.24, 2.45) is 0 Å². The van der Waals surface area contributed by atoms with Crippen LogP contribution >= 0.6 is 11.6 Å². The molecule has 88 valence electrons. The predicted molar refractivity (Wildman–Crippen MR) is 62.4 cm³/mol. The molecule has 0 saturated heterocycles. The number of nitrogens with two attached hydrogens (primary N) is 1. The maximum atomic E-state index is 6.04. The normalized spacial score (nSPS) is 13.7. The molecule has 3 rings (SSSR count). The number of nitrogens with zero attached hydrogens (tertiary/aromatic N) is 1. The predicted octanol–water partition coefficient (Wildman–Crippen LogP) is 2.35. The quantitative estimate of drug-likeness (QED) is 0.844. The van der Waals surface area contributed by atoms with Gasteiger partial charge in [0.1, 0.15) is 13.2 Å². The van der Waals surface area contributed by atoms with E-state index in [9.17, 15) is 0 Å². The number of aromatic nitrogens is 1. The smallest absolute Gasteiger partial charge is 0.230 e. The molecule has 2 aromatic rings. The highest BCUT2D eigenvalue weighted by Gasteiger charge is 2.22. The number of fused-ring (bicyclic) bond motifs is 1. The van der Waals surface area contributed by atoms with Crippen LogP contribution < -0.4 is 15.2 Å². The van der Waals surface area contributed by atoms with Crippen molar-refractivity contribution >= 4 is 17.5 Å². The fraction of sp³-hybridized carbons (Fsp3) is 0.182. The van der Waals surface area contributed by atoms with Crippen LogP contribution in [0.15, 0.2) is 22.9 Å². The highest BCUT2D eigenvalue weighted by Crippen LogP contribution is 2.45. The van der Waals surface area contributed by atoms with E-state index in [1.807, 2.05) is 0 Å². The Morgan fingerprint density at radius 1 is 1.12 bits per heavy atom. The Morgan fingerprint density at radius 2 is 1.88 bits per heavy atom. The SMILES string of the molecule is Nc1oncc1-c1ccc(Cl)c2c1OCCO2. The summed E-state index contributed by atoms with van der Waals surface area (Å²) in [6.45, 7) is 0.959. The summed E-state index contributed by atoms with van der Waals surface area (Å²) in [7, 11) is 0. The molecule has 5 nitrogen and oxygen atoms in total. The van der Waals surface area contributed by atoms with E-state index in [0.29, 0.717) is 35.3 Å². The van der Waals surface area contributed by atoms with E-state index in [-0.39, 0.29) is 5.88 Å². The van der Waals surface area contributed by atoms with Crippen molar-refractivity contribution in [3.63, 3.8) is 0 Å². The Balaban J connectivity index is 2.21. The number of benzene rings is 1. The Labute approximate surface area is 102 Å². The van der Waals surface area contributed by atoms with Crippen molar-refractivity contribution in [1.82, 2.24) is 5.16 Å². The van der Waals surface area contributed by atoms with Gasteiger partial charge >= 0.3 is 0 Å². The molecule has 0 bridgehead atoms. The van der Waals surface area contributed by atoms with Crippen LogP contribution in [0.1, 0.15) is 0 Å². The standard InChI is InChI=1S/C11H9ClN2O3/c12-8-2-1-6(7-5-14-17-11(7)13)9-10(8)16-4-3-15-9/h1-2,5H,3-4,13H2. The molecule has 0 amide bonds. The Bertz CT molecular complexity index is 568. The second-order valence-electron chi connectivity index (χ2n) is 3.55. The van der Waals surface area contributed by atoms with E-state index >= 15 is 0 Å². The third kappa shape index (κ3) is 1.59. The molecule has 1 aromatic heterocycles. The van der Waals surface area contributed by atoms with E-state index in [4.69, 9.17) is 31.3 Å². The number of hydrogen-bond donors (Lipinski definition) is 1. The number of nitrogen functional groups attached to an aromatic ring is 1. The fourth-order valence-electron chi connectivity index (χ4n) is 1.77. The Hall–Kier alpha value is -1.88. The molecule has 0 atom stereocenters. The zero-order valence-electron chi connectivity index (χ0n) is 8.77. The molecule has 0 fully saturated rings. The van der Waals surface area contributed by atoms with Crippen LogP contribution in [-0.4, -0.2) is 18.4 Å². The molecule has 2 N–H and O–H groups in total. The van der Waals surface area contributed by atoms with Crippen molar-refractivity contribution in [1.29, 1.82) is 0 Å². The second-order valence-corrected chi connectivity index (χ2v) is 3.96. The summed E-state index contributed by atoms with van der Waals surface area (Å²) in [5.41, 5.74) is 7.12. The summed E-state index contributed by atoms with van der Waals surface area (Å²) >= 11 is 6.04. The third-order valence-electron chi connectivity index (χ3n) is 2.53. The molecule has 0 unspecified atom stereocenters. The van der Waals surface area contributed by atoms with Crippen LogP contribution in [0.2, 0.25) is 5.02 Å². The molecule has 1 aliphatic rings. The van der Waals surface area contributed by atoms with E-state index in [1.165, 1.54) is 6.20 Å². The summed E-state index contributed by atoms with van der Waals surface area (Å²) in [4.78, 5) is 0. The van der Waals surface area contributed by atoms with Crippen molar-refractivity contribution in [2.45, 2.75) is 0 Å². The van der Waals surface area contributed by atoms with Crippen molar-refractivity contribution < 1.29 is 14.0 Å². The number of halogens is 1. The lowest BCUT2D eigenvalue weighted by molar-refractivity contribution is 0.172. The average molecular weight is 253 g/mol. The first-order valence-corrected chi connectivity index (χ1v) is 5.44. The number of ether oxygens (including phenoxy) is 2. The van der Waals surface area contributed by atoms with Gasteiger partial charge in [-0.3, -0.25) is 0 Å². The lowest BCUT2D eigenvalue weighted by Gasteiger charge is -2.21. The minimum absolute atomic E-state index is 0.240. The Morgan fingerprint density at radius 3 is 2.59 bits per heavy atom. The Kier molecular flexibility index (Phi) is 2.33. The van der Waals surface area contributed by atoms with Gasteiger partial charge in [-0.25, -0.2) is 0 Å². The maximum Gasteiger partial charge on any atom is 0.230 e. The first-order valence-electron chi connectivity index (χ1n) is 5.06. The van der Waals surface area contributed by atoms with Gasteiger partial charge in [-0.2, -0.15) is 0 Å². The zero-order valence-corrected chi connectivity index (χ0v) is 9.53. The molecule has 17 heavy (non-hydrogen) atoms. The van der Waals surface area contributed by atoms with Gasteiger partial charge < -0.3 is 19.7 Å². The van der Waals surface area contributed by atoms with Crippen LogP contribution in [0.4, 0.5) is 5.88 Å². The van der Waals surface area contributed by atoms with Crippen molar-refractivity contribution in [3.8, 4) is 22.6 Å². The minimum atomic E-state index is 0.240. The second kappa shape index (κ2) is 3.85. The van der Waals surface area contributed by atoms with Gasteiger partial charge in [0, 0.05) is 5.56 Å². The first-order chi connectivity index (χ1) is 8.27. The fourth-order valence-corrected chi connectivity index (χ4v) is 1.97. The average Bonchev–Trinajstić information content (AvgIpc) is 2.77. The molecule has 1 aromatic carbocycles. The van der Waals surface area contributed by atoms with E-state index < -0.39 is 0 Å². The molecule has 0 spiro atoms. The topological polar surface area (TPSA) is 70.5 Å². The molecule has 2 heterocycles. The third-order valence-corrected chi connectivity index (χ3v) is 2.83.